The average Bonchev–Trinajstić information content (AvgIpc) is 2.48. The Labute approximate surface area is 119 Å². The molecule has 1 aromatic rings. The van der Waals surface area contributed by atoms with Crippen LogP contribution in [0.3, 0.4) is 0 Å². The molecule has 110 valence electrons. The summed E-state index contributed by atoms with van der Waals surface area (Å²) in [5, 5.41) is 15.1. The van der Waals surface area contributed by atoms with E-state index in [1.54, 1.807) is 0 Å². The van der Waals surface area contributed by atoms with Crippen LogP contribution >= 0.6 is 0 Å². The number of hydrogen-bond acceptors (Lipinski definition) is 4. The summed E-state index contributed by atoms with van der Waals surface area (Å²) < 4.78 is 5.40. The standard InChI is InChI=1S/C15H23N3O2/c1-15(6-8-20-9-7-15)11-17-10-12-2-4-13(5-3-12)14(16)18-19/h2-5,17,19H,6-11H2,1H3,(H2,16,18). The summed E-state index contributed by atoms with van der Waals surface area (Å²) in [6.45, 7) is 5.87. The van der Waals surface area contributed by atoms with Crippen molar-refractivity contribution >= 4 is 5.84 Å². The maximum Gasteiger partial charge on any atom is 0.170 e. The summed E-state index contributed by atoms with van der Waals surface area (Å²) in [6.07, 6.45) is 2.23. The average molecular weight is 277 g/mol. The van der Waals surface area contributed by atoms with Crippen LogP contribution in [0.2, 0.25) is 0 Å². The van der Waals surface area contributed by atoms with Gasteiger partial charge in [-0.3, -0.25) is 0 Å². The Morgan fingerprint density at radius 3 is 2.60 bits per heavy atom. The van der Waals surface area contributed by atoms with Crippen LogP contribution < -0.4 is 11.1 Å². The van der Waals surface area contributed by atoms with Gasteiger partial charge in [0, 0.05) is 31.9 Å². The summed E-state index contributed by atoms with van der Waals surface area (Å²) in [7, 11) is 0. The number of oxime groups is 1. The summed E-state index contributed by atoms with van der Waals surface area (Å²) in [5.41, 5.74) is 7.79. The fourth-order valence-corrected chi connectivity index (χ4v) is 2.40. The van der Waals surface area contributed by atoms with Crippen LogP contribution in [0.4, 0.5) is 0 Å². The third-order valence-electron chi connectivity index (χ3n) is 3.94. The predicted molar refractivity (Wildman–Crippen MR) is 78.8 cm³/mol. The molecule has 1 aromatic carbocycles. The molecule has 0 aliphatic carbocycles. The highest BCUT2D eigenvalue weighted by Gasteiger charge is 2.26. The number of nitrogens with one attached hydrogen (secondary N) is 1. The molecule has 4 N–H and O–H groups in total. The first-order valence-corrected chi connectivity index (χ1v) is 6.98. The maximum atomic E-state index is 8.61. The molecular weight excluding hydrogens is 254 g/mol. The summed E-state index contributed by atoms with van der Waals surface area (Å²) in [5.74, 6) is 0.138. The van der Waals surface area contributed by atoms with Gasteiger partial charge in [0.1, 0.15) is 0 Å². The second-order valence-corrected chi connectivity index (χ2v) is 5.71. The predicted octanol–water partition coefficient (Wildman–Crippen LogP) is 1.69. The van der Waals surface area contributed by atoms with Gasteiger partial charge in [-0.25, -0.2) is 0 Å². The summed E-state index contributed by atoms with van der Waals surface area (Å²) in [6, 6.07) is 7.71. The SMILES string of the molecule is CC1(CNCc2ccc(/C(N)=N/O)cc2)CCOCC1. The lowest BCUT2D eigenvalue weighted by Crippen LogP contribution is -2.36. The van der Waals surface area contributed by atoms with Gasteiger partial charge in [0.25, 0.3) is 0 Å². The molecule has 1 saturated heterocycles. The molecule has 1 aliphatic heterocycles. The summed E-state index contributed by atoms with van der Waals surface area (Å²) in [4.78, 5) is 0. The monoisotopic (exact) mass is 277 g/mol. The molecule has 5 nitrogen and oxygen atoms in total. The van der Waals surface area contributed by atoms with E-state index in [0.717, 1.165) is 44.7 Å². The maximum absolute atomic E-state index is 8.61. The highest BCUT2D eigenvalue weighted by Crippen LogP contribution is 2.28. The number of benzene rings is 1. The van der Waals surface area contributed by atoms with Gasteiger partial charge >= 0.3 is 0 Å². The van der Waals surface area contributed by atoms with E-state index in [1.165, 1.54) is 5.56 Å². The van der Waals surface area contributed by atoms with Crippen molar-refractivity contribution in [3.05, 3.63) is 35.4 Å². The molecule has 1 aliphatic rings. The van der Waals surface area contributed by atoms with Crippen molar-refractivity contribution in [2.45, 2.75) is 26.3 Å². The van der Waals surface area contributed by atoms with Crippen LogP contribution in [-0.2, 0) is 11.3 Å². The number of amidine groups is 1. The minimum absolute atomic E-state index is 0.138. The van der Waals surface area contributed by atoms with Crippen LogP contribution in [0.1, 0.15) is 30.9 Å². The molecule has 5 heteroatoms. The van der Waals surface area contributed by atoms with Crippen molar-refractivity contribution < 1.29 is 9.94 Å². The third-order valence-corrected chi connectivity index (χ3v) is 3.94. The molecule has 2 rings (SSSR count). The minimum atomic E-state index is 0.138. The largest absolute Gasteiger partial charge is 0.409 e. The third kappa shape index (κ3) is 3.95. The van der Waals surface area contributed by atoms with E-state index >= 15 is 0 Å². The Kier molecular flexibility index (Phi) is 4.98. The lowest BCUT2D eigenvalue weighted by Gasteiger charge is -2.33. The van der Waals surface area contributed by atoms with E-state index in [-0.39, 0.29) is 5.84 Å². The van der Waals surface area contributed by atoms with Gasteiger partial charge in [-0.1, -0.05) is 36.3 Å². The smallest absolute Gasteiger partial charge is 0.170 e. The zero-order valence-corrected chi connectivity index (χ0v) is 11.9. The Morgan fingerprint density at radius 1 is 1.35 bits per heavy atom. The van der Waals surface area contributed by atoms with Gasteiger partial charge in [0.2, 0.25) is 0 Å². The zero-order chi connectivity index (χ0) is 14.4. The second-order valence-electron chi connectivity index (χ2n) is 5.71. The normalized spacial score (nSPS) is 18.9. The van der Waals surface area contributed by atoms with E-state index in [1.807, 2.05) is 24.3 Å². The van der Waals surface area contributed by atoms with Gasteiger partial charge in [0.15, 0.2) is 5.84 Å². The fourth-order valence-electron chi connectivity index (χ4n) is 2.40. The fraction of sp³-hybridized carbons (Fsp3) is 0.533. The van der Waals surface area contributed by atoms with Crippen LogP contribution in [0.25, 0.3) is 0 Å². The quantitative estimate of drug-likeness (QED) is 0.331. The highest BCUT2D eigenvalue weighted by molar-refractivity contribution is 5.96. The van der Waals surface area contributed by atoms with Crippen molar-refractivity contribution in [1.29, 1.82) is 0 Å². The molecule has 0 atom stereocenters. The molecule has 1 fully saturated rings. The van der Waals surface area contributed by atoms with Gasteiger partial charge in [-0.05, 0) is 23.8 Å². The molecule has 0 radical (unpaired) electrons. The van der Waals surface area contributed by atoms with E-state index in [2.05, 4.69) is 17.4 Å². The Balaban J connectivity index is 1.82. The van der Waals surface area contributed by atoms with Gasteiger partial charge in [0.05, 0.1) is 0 Å². The van der Waals surface area contributed by atoms with Crippen LogP contribution in [-0.4, -0.2) is 30.8 Å². The van der Waals surface area contributed by atoms with Gasteiger partial charge in [-0.15, -0.1) is 0 Å². The van der Waals surface area contributed by atoms with Crippen molar-refractivity contribution in [2.24, 2.45) is 16.3 Å². The number of nitrogens with zero attached hydrogens (tertiary/aromatic N) is 1. The van der Waals surface area contributed by atoms with Gasteiger partial charge < -0.3 is 21.0 Å². The first kappa shape index (κ1) is 14.8. The Morgan fingerprint density at radius 2 is 2.00 bits per heavy atom. The molecule has 20 heavy (non-hydrogen) atoms. The number of hydrogen-bond donors (Lipinski definition) is 3. The molecular formula is C15H23N3O2. The minimum Gasteiger partial charge on any atom is -0.409 e. The van der Waals surface area contributed by atoms with Crippen molar-refractivity contribution in [1.82, 2.24) is 5.32 Å². The number of nitrogens with two attached hydrogens (primary N) is 1. The molecule has 1 heterocycles. The summed E-state index contributed by atoms with van der Waals surface area (Å²) >= 11 is 0. The van der Waals surface area contributed by atoms with Crippen LogP contribution in [0, 0.1) is 5.41 Å². The molecule has 0 spiro atoms. The molecule has 0 aromatic heterocycles. The molecule has 0 amide bonds. The van der Waals surface area contributed by atoms with Crippen LogP contribution in [0.5, 0.6) is 0 Å². The first-order valence-electron chi connectivity index (χ1n) is 6.98. The van der Waals surface area contributed by atoms with Crippen molar-refractivity contribution in [3.8, 4) is 0 Å². The van der Waals surface area contributed by atoms with E-state index in [4.69, 9.17) is 15.7 Å². The van der Waals surface area contributed by atoms with Crippen LogP contribution in [0.15, 0.2) is 29.4 Å². The first-order chi connectivity index (χ1) is 9.63. The number of rotatable bonds is 5. The topological polar surface area (TPSA) is 79.9 Å². The van der Waals surface area contributed by atoms with E-state index in [9.17, 15) is 0 Å². The van der Waals surface area contributed by atoms with Crippen molar-refractivity contribution in [2.75, 3.05) is 19.8 Å². The van der Waals surface area contributed by atoms with E-state index in [0.29, 0.717) is 5.41 Å². The molecule has 0 unspecified atom stereocenters. The zero-order valence-electron chi connectivity index (χ0n) is 11.9. The van der Waals surface area contributed by atoms with E-state index < -0.39 is 0 Å². The van der Waals surface area contributed by atoms with Gasteiger partial charge in [-0.2, -0.15) is 0 Å². The number of ether oxygens (including phenoxy) is 1. The Bertz CT molecular complexity index is 451. The second kappa shape index (κ2) is 6.72. The van der Waals surface area contributed by atoms with Crippen molar-refractivity contribution in [3.63, 3.8) is 0 Å². The lowest BCUT2D eigenvalue weighted by molar-refractivity contribution is 0.0240. The Hall–Kier alpha value is -1.59. The molecule has 0 bridgehead atoms. The lowest BCUT2D eigenvalue weighted by atomic mass is 9.82. The molecule has 0 saturated carbocycles. The highest BCUT2D eigenvalue weighted by atomic mass is 16.5.